The number of aliphatic hydroxyl groups excluding tert-OH is 1. The predicted octanol–water partition coefficient (Wildman–Crippen LogP) is 2.37. The molecule has 5 heteroatoms. The standard InChI is InChI=1S/C12H18BrN3O/c1-2-11-15-10(13)6-12(16-11)14-9-5-3-4-8(9)7-17/h6,8-9,17H,2-5,7H2,1H3,(H,14,15,16). The molecule has 94 valence electrons. The van der Waals surface area contributed by atoms with Gasteiger partial charge in [0.25, 0.3) is 0 Å². The SMILES string of the molecule is CCc1nc(Br)cc(NC2CCCC2CO)n1. The zero-order chi connectivity index (χ0) is 12.3. The van der Waals surface area contributed by atoms with E-state index in [1.807, 2.05) is 13.0 Å². The quantitative estimate of drug-likeness (QED) is 0.838. The van der Waals surface area contributed by atoms with Crippen LogP contribution in [0.2, 0.25) is 0 Å². The highest BCUT2D eigenvalue weighted by Gasteiger charge is 2.26. The minimum Gasteiger partial charge on any atom is -0.396 e. The molecule has 1 aromatic rings. The lowest BCUT2D eigenvalue weighted by Gasteiger charge is -2.19. The third-order valence-corrected chi connectivity index (χ3v) is 3.69. The summed E-state index contributed by atoms with van der Waals surface area (Å²) in [6, 6.07) is 2.23. The number of halogens is 1. The van der Waals surface area contributed by atoms with Gasteiger partial charge in [0.1, 0.15) is 16.2 Å². The van der Waals surface area contributed by atoms with Crippen molar-refractivity contribution in [1.82, 2.24) is 9.97 Å². The van der Waals surface area contributed by atoms with Crippen LogP contribution < -0.4 is 5.32 Å². The number of rotatable bonds is 4. The fourth-order valence-corrected chi connectivity index (χ4v) is 2.75. The lowest BCUT2D eigenvalue weighted by atomic mass is 10.1. The highest BCUT2D eigenvalue weighted by molar-refractivity contribution is 9.10. The summed E-state index contributed by atoms with van der Waals surface area (Å²) in [6.45, 7) is 2.29. The number of hydrogen-bond donors (Lipinski definition) is 2. The lowest BCUT2D eigenvalue weighted by molar-refractivity contribution is 0.222. The van der Waals surface area contributed by atoms with E-state index in [9.17, 15) is 5.11 Å². The molecule has 1 aromatic heterocycles. The van der Waals surface area contributed by atoms with Gasteiger partial charge in [-0.2, -0.15) is 0 Å². The predicted molar refractivity (Wildman–Crippen MR) is 70.9 cm³/mol. The van der Waals surface area contributed by atoms with Gasteiger partial charge in [0, 0.05) is 31.1 Å². The maximum absolute atomic E-state index is 9.29. The Hall–Kier alpha value is -0.680. The van der Waals surface area contributed by atoms with Crippen LogP contribution in [0.4, 0.5) is 5.82 Å². The van der Waals surface area contributed by atoms with E-state index in [1.165, 1.54) is 6.42 Å². The van der Waals surface area contributed by atoms with Crippen molar-refractivity contribution >= 4 is 21.7 Å². The number of aromatic nitrogens is 2. The molecule has 0 saturated heterocycles. The van der Waals surface area contributed by atoms with E-state index in [0.717, 1.165) is 35.5 Å². The summed E-state index contributed by atoms with van der Waals surface area (Å²) >= 11 is 3.39. The summed E-state index contributed by atoms with van der Waals surface area (Å²) in [7, 11) is 0. The van der Waals surface area contributed by atoms with E-state index in [4.69, 9.17) is 0 Å². The Kier molecular flexibility index (Phi) is 4.34. The zero-order valence-corrected chi connectivity index (χ0v) is 11.6. The Morgan fingerprint density at radius 3 is 3.00 bits per heavy atom. The van der Waals surface area contributed by atoms with E-state index in [2.05, 4.69) is 31.2 Å². The maximum atomic E-state index is 9.29. The molecule has 0 aliphatic heterocycles. The van der Waals surface area contributed by atoms with Crippen molar-refractivity contribution in [1.29, 1.82) is 0 Å². The van der Waals surface area contributed by atoms with E-state index >= 15 is 0 Å². The second-order valence-corrected chi connectivity index (χ2v) is 5.28. The van der Waals surface area contributed by atoms with Crippen molar-refractivity contribution in [2.75, 3.05) is 11.9 Å². The van der Waals surface area contributed by atoms with Crippen molar-refractivity contribution in [3.63, 3.8) is 0 Å². The van der Waals surface area contributed by atoms with Crippen LogP contribution in [0.25, 0.3) is 0 Å². The third kappa shape index (κ3) is 3.16. The first-order chi connectivity index (χ1) is 8.22. The first-order valence-corrected chi connectivity index (χ1v) is 6.93. The second-order valence-electron chi connectivity index (χ2n) is 4.47. The molecule has 0 aromatic carbocycles. The summed E-state index contributed by atoms with van der Waals surface area (Å²) in [5.74, 6) is 2.04. The molecule has 4 nitrogen and oxygen atoms in total. The van der Waals surface area contributed by atoms with Crippen molar-refractivity contribution in [2.45, 2.75) is 38.6 Å². The molecule has 0 radical (unpaired) electrons. The average molecular weight is 300 g/mol. The largest absolute Gasteiger partial charge is 0.396 e. The lowest BCUT2D eigenvalue weighted by Crippen LogP contribution is -2.27. The molecule has 0 amide bonds. The third-order valence-electron chi connectivity index (χ3n) is 3.28. The van der Waals surface area contributed by atoms with Gasteiger partial charge in [-0.15, -0.1) is 0 Å². The summed E-state index contributed by atoms with van der Waals surface area (Å²) < 4.78 is 0.811. The molecule has 2 unspecified atom stereocenters. The normalized spacial score (nSPS) is 23.9. The molecular formula is C12H18BrN3O. The van der Waals surface area contributed by atoms with E-state index in [-0.39, 0.29) is 6.61 Å². The van der Waals surface area contributed by atoms with Gasteiger partial charge >= 0.3 is 0 Å². The van der Waals surface area contributed by atoms with Crippen LogP contribution in [0.15, 0.2) is 10.7 Å². The summed E-state index contributed by atoms with van der Waals surface area (Å²) in [4.78, 5) is 8.73. The molecule has 1 heterocycles. The summed E-state index contributed by atoms with van der Waals surface area (Å²) in [6.07, 6.45) is 4.20. The van der Waals surface area contributed by atoms with Gasteiger partial charge in [-0.1, -0.05) is 13.3 Å². The molecule has 1 aliphatic rings. The number of hydrogen-bond acceptors (Lipinski definition) is 4. The average Bonchev–Trinajstić information content (AvgIpc) is 2.75. The molecule has 2 atom stereocenters. The topological polar surface area (TPSA) is 58.0 Å². The molecule has 2 N–H and O–H groups in total. The summed E-state index contributed by atoms with van der Waals surface area (Å²) in [5, 5.41) is 12.7. The fourth-order valence-electron chi connectivity index (χ4n) is 2.33. The van der Waals surface area contributed by atoms with Crippen molar-refractivity contribution in [3.05, 3.63) is 16.5 Å². The van der Waals surface area contributed by atoms with Crippen LogP contribution in [-0.2, 0) is 6.42 Å². The van der Waals surface area contributed by atoms with Gasteiger partial charge in [-0.05, 0) is 28.8 Å². The summed E-state index contributed by atoms with van der Waals surface area (Å²) in [5.41, 5.74) is 0. The number of aliphatic hydroxyl groups is 1. The number of anilines is 1. The van der Waals surface area contributed by atoms with Crippen LogP contribution in [0.1, 0.15) is 32.0 Å². The van der Waals surface area contributed by atoms with Crippen molar-refractivity contribution in [3.8, 4) is 0 Å². The molecular weight excluding hydrogens is 282 g/mol. The second kappa shape index (κ2) is 5.78. The Morgan fingerprint density at radius 1 is 1.47 bits per heavy atom. The molecule has 0 bridgehead atoms. The Bertz CT molecular complexity index is 386. The number of aryl methyl sites for hydroxylation is 1. The van der Waals surface area contributed by atoms with Crippen LogP contribution in [0, 0.1) is 5.92 Å². The van der Waals surface area contributed by atoms with Crippen LogP contribution >= 0.6 is 15.9 Å². The highest BCUT2D eigenvalue weighted by Crippen LogP contribution is 2.28. The van der Waals surface area contributed by atoms with Gasteiger partial charge in [0.2, 0.25) is 0 Å². The minimum atomic E-state index is 0.255. The van der Waals surface area contributed by atoms with Crippen molar-refractivity contribution in [2.24, 2.45) is 5.92 Å². The molecule has 17 heavy (non-hydrogen) atoms. The molecule has 2 rings (SSSR count). The van der Waals surface area contributed by atoms with Gasteiger partial charge in [0.05, 0.1) is 0 Å². The van der Waals surface area contributed by atoms with Gasteiger partial charge in [0.15, 0.2) is 0 Å². The van der Waals surface area contributed by atoms with E-state index in [0.29, 0.717) is 12.0 Å². The molecule has 1 fully saturated rings. The zero-order valence-electron chi connectivity index (χ0n) is 9.99. The van der Waals surface area contributed by atoms with Gasteiger partial charge in [-0.3, -0.25) is 0 Å². The first kappa shape index (κ1) is 12.8. The van der Waals surface area contributed by atoms with Crippen LogP contribution in [-0.4, -0.2) is 27.7 Å². The van der Waals surface area contributed by atoms with Crippen LogP contribution in [0.3, 0.4) is 0 Å². The van der Waals surface area contributed by atoms with Gasteiger partial charge < -0.3 is 10.4 Å². The number of nitrogens with one attached hydrogen (secondary N) is 1. The first-order valence-electron chi connectivity index (χ1n) is 6.13. The fraction of sp³-hybridized carbons (Fsp3) is 0.667. The maximum Gasteiger partial charge on any atom is 0.131 e. The number of nitrogens with zero attached hydrogens (tertiary/aromatic N) is 2. The monoisotopic (exact) mass is 299 g/mol. The smallest absolute Gasteiger partial charge is 0.131 e. The van der Waals surface area contributed by atoms with Gasteiger partial charge in [-0.25, -0.2) is 9.97 Å². The Morgan fingerprint density at radius 2 is 2.29 bits per heavy atom. The van der Waals surface area contributed by atoms with E-state index in [1.54, 1.807) is 0 Å². The van der Waals surface area contributed by atoms with E-state index < -0.39 is 0 Å². The highest BCUT2D eigenvalue weighted by atomic mass is 79.9. The molecule has 0 spiro atoms. The minimum absolute atomic E-state index is 0.255. The Labute approximate surface area is 110 Å². The molecule has 1 saturated carbocycles. The van der Waals surface area contributed by atoms with Crippen molar-refractivity contribution < 1.29 is 5.11 Å². The molecule has 1 aliphatic carbocycles. The van der Waals surface area contributed by atoms with Crippen LogP contribution in [0.5, 0.6) is 0 Å². The Balaban J connectivity index is 2.09.